The molecular weight excluding hydrogens is 486 g/mol. The summed E-state index contributed by atoms with van der Waals surface area (Å²) >= 11 is 0. The number of para-hydroxylation sites is 1. The minimum absolute atomic E-state index is 0.189. The highest BCUT2D eigenvalue weighted by molar-refractivity contribution is 6.02. The van der Waals surface area contributed by atoms with Gasteiger partial charge in [0.15, 0.2) is 0 Å². The molecule has 0 bridgehead atoms. The number of carbonyl (C=O) groups is 2. The van der Waals surface area contributed by atoms with E-state index in [2.05, 4.69) is 10.6 Å². The van der Waals surface area contributed by atoms with Crippen molar-refractivity contribution in [1.29, 1.82) is 0 Å². The average Bonchev–Trinajstić information content (AvgIpc) is 2.96. The van der Waals surface area contributed by atoms with E-state index in [0.717, 1.165) is 22.1 Å². The molecule has 0 aliphatic carbocycles. The zero-order chi connectivity index (χ0) is 27.0. The van der Waals surface area contributed by atoms with Gasteiger partial charge in [-0.25, -0.2) is 4.79 Å². The van der Waals surface area contributed by atoms with E-state index in [-0.39, 0.29) is 25.0 Å². The smallest absolute Gasteiger partial charge is 0.326 e. The number of amides is 3. The van der Waals surface area contributed by atoms with Gasteiger partial charge in [0.2, 0.25) is 0 Å². The molecular formula is C33H29N3O3. The van der Waals surface area contributed by atoms with Crippen molar-refractivity contribution in [3.63, 3.8) is 0 Å². The summed E-state index contributed by atoms with van der Waals surface area (Å²) in [6, 6.07) is 37.7. The lowest BCUT2D eigenvalue weighted by Crippen LogP contribution is -2.41. The Kier molecular flexibility index (Phi) is 7.84. The third-order valence-electron chi connectivity index (χ3n) is 6.27. The Bertz CT molecular complexity index is 1580. The molecule has 0 heterocycles. The molecule has 0 radical (unpaired) electrons. The van der Waals surface area contributed by atoms with Crippen molar-refractivity contribution in [2.24, 2.45) is 0 Å². The van der Waals surface area contributed by atoms with Crippen molar-refractivity contribution < 1.29 is 14.3 Å². The molecule has 0 unspecified atom stereocenters. The van der Waals surface area contributed by atoms with E-state index < -0.39 is 0 Å². The topological polar surface area (TPSA) is 70.7 Å². The summed E-state index contributed by atoms with van der Waals surface area (Å²) < 4.78 is 5.90. The number of anilines is 2. The van der Waals surface area contributed by atoms with Gasteiger partial charge in [-0.05, 0) is 83.9 Å². The van der Waals surface area contributed by atoms with Crippen molar-refractivity contribution in [3.05, 3.63) is 132 Å². The summed E-state index contributed by atoms with van der Waals surface area (Å²) in [6.07, 6.45) is 0. The van der Waals surface area contributed by atoms with Crippen molar-refractivity contribution in [2.75, 3.05) is 23.3 Å². The lowest BCUT2D eigenvalue weighted by Gasteiger charge is -2.24. The van der Waals surface area contributed by atoms with Crippen LogP contribution >= 0.6 is 0 Å². The van der Waals surface area contributed by atoms with Crippen molar-refractivity contribution in [3.8, 4) is 11.5 Å². The molecule has 3 amide bonds. The quantitative estimate of drug-likeness (QED) is 0.226. The molecule has 0 saturated carbocycles. The Balaban J connectivity index is 1.29. The molecule has 0 atom stereocenters. The van der Waals surface area contributed by atoms with E-state index in [9.17, 15) is 9.59 Å². The average molecular weight is 516 g/mol. The van der Waals surface area contributed by atoms with Gasteiger partial charge in [0, 0.05) is 30.0 Å². The van der Waals surface area contributed by atoms with Gasteiger partial charge in [-0.15, -0.1) is 0 Å². The Labute approximate surface area is 227 Å². The van der Waals surface area contributed by atoms with E-state index in [1.807, 2.05) is 128 Å². The van der Waals surface area contributed by atoms with Crippen molar-refractivity contribution in [2.45, 2.75) is 6.92 Å². The number of urea groups is 1. The molecule has 6 heteroatoms. The van der Waals surface area contributed by atoms with Crippen LogP contribution in [0.1, 0.15) is 15.9 Å². The van der Waals surface area contributed by atoms with Crippen LogP contribution < -0.4 is 20.3 Å². The maximum atomic E-state index is 13.4. The predicted molar refractivity (Wildman–Crippen MR) is 157 cm³/mol. The predicted octanol–water partition coefficient (Wildman–Crippen LogP) is 7.41. The first-order chi connectivity index (χ1) is 19.0. The molecule has 0 aliphatic heterocycles. The van der Waals surface area contributed by atoms with E-state index >= 15 is 0 Å². The minimum atomic E-state index is -0.294. The molecule has 194 valence electrons. The Morgan fingerprint density at radius 2 is 1.44 bits per heavy atom. The molecule has 0 fully saturated rings. The molecule has 6 nitrogen and oxygen atoms in total. The number of benzene rings is 5. The van der Waals surface area contributed by atoms with Gasteiger partial charge in [-0.3, -0.25) is 9.69 Å². The Morgan fingerprint density at radius 1 is 0.718 bits per heavy atom. The third-order valence-corrected chi connectivity index (χ3v) is 6.27. The standard InChI is InChI=1S/C33H29N3O3/c1-24-8-7-11-28(22-24)35-33(38)36(29-16-18-31(19-17-29)39-30-12-3-2-4-13-30)21-20-34-32(37)27-15-14-25-9-5-6-10-26(25)23-27/h2-19,22-23H,20-21H2,1H3,(H,34,37)(H,35,38). The van der Waals surface area contributed by atoms with Crippen LogP contribution in [0.15, 0.2) is 121 Å². The zero-order valence-electron chi connectivity index (χ0n) is 21.6. The molecule has 5 rings (SSSR count). The Hall–Kier alpha value is -5.10. The van der Waals surface area contributed by atoms with Crippen LogP contribution in [-0.4, -0.2) is 25.0 Å². The van der Waals surface area contributed by atoms with Crippen LogP contribution in [-0.2, 0) is 0 Å². The van der Waals surface area contributed by atoms with Gasteiger partial charge in [0.1, 0.15) is 11.5 Å². The number of hydrogen-bond donors (Lipinski definition) is 2. The number of fused-ring (bicyclic) bond motifs is 1. The number of ether oxygens (including phenoxy) is 1. The molecule has 39 heavy (non-hydrogen) atoms. The number of rotatable bonds is 8. The summed E-state index contributed by atoms with van der Waals surface area (Å²) in [7, 11) is 0. The molecule has 5 aromatic rings. The van der Waals surface area contributed by atoms with Crippen LogP contribution in [0.2, 0.25) is 0 Å². The van der Waals surface area contributed by atoms with Gasteiger partial charge in [0.25, 0.3) is 5.91 Å². The van der Waals surface area contributed by atoms with Crippen LogP contribution in [0.5, 0.6) is 11.5 Å². The lowest BCUT2D eigenvalue weighted by atomic mass is 10.1. The first-order valence-electron chi connectivity index (χ1n) is 12.8. The highest BCUT2D eigenvalue weighted by atomic mass is 16.5. The summed E-state index contributed by atoms with van der Waals surface area (Å²) in [5, 5.41) is 8.00. The Morgan fingerprint density at radius 3 is 2.21 bits per heavy atom. The summed E-state index contributed by atoms with van der Waals surface area (Å²) in [6.45, 7) is 2.52. The maximum absolute atomic E-state index is 13.4. The fraction of sp³-hybridized carbons (Fsp3) is 0.0909. The van der Waals surface area contributed by atoms with Crippen molar-refractivity contribution >= 4 is 34.1 Å². The highest BCUT2D eigenvalue weighted by Gasteiger charge is 2.17. The van der Waals surface area contributed by atoms with Crippen LogP contribution in [0.3, 0.4) is 0 Å². The van der Waals surface area contributed by atoms with Crippen molar-refractivity contribution in [1.82, 2.24) is 5.32 Å². The van der Waals surface area contributed by atoms with Gasteiger partial charge in [0.05, 0.1) is 0 Å². The number of aryl methyl sites for hydroxylation is 1. The van der Waals surface area contributed by atoms with E-state index in [4.69, 9.17) is 4.74 Å². The van der Waals surface area contributed by atoms with Gasteiger partial charge >= 0.3 is 6.03 Å². The number of hydrogen-bond acceptors (Lipinski definition) is 3. The largest absolute Gasteiger partial charge is 0.457 e. The van der Waals surface area contributed by atoms with Gasteiger partial charge < -0.3 is 15.4 Å². The summed E-state index contributed by atoms with van der Waals surface area (Å²) in [5.74, 6) is 1.20. The van der Waals surface area contributed by atoms with Gasteiger partial charge in [-0.1, -0.05) is 60.7 Å². The third kappa shape index (κ3) is 6.62. The zero-order valence-corrected chi connectivity index (χ0v) is 21.6. The molecule has 0 aliphatic rings. The fourth-order valence-electron chi connectivity index (χ4n) is 4.29. The summed E-state index contributed by atoms with van der Waals surface area (Å²) in [4.78, 5) is 27.8. The molecule has 0 aromatic heterocycles. The molecule has 0 saturated heterocycles. The first-order valence-corrected chi connectivity index (χ1v) is 12.8. The van der Waals surface area contributed by atoms with E-state index in [1.165, 1.54) is 0 Å². The van der Waals surface area contributed by atoms with Crippen LogP contribution in [0, 0.1) is 6.92 Å². The van der Waals surface area contributed by atoms with Crippen LogP contribution in [0.25, 0.3) is 10.8 Å². The number of nitrogens with one attached hydrogen (secondary N) is 2. The SMILES string of the molecule is Cc1cccc(NC(=O)N(CCNC(=O)c2ccc3ccccc3c2)c2ccc(Oc3ccccc3)cc2)c1. The monoisotopic (exact) mass is 515 g/mol. The van der Waals surface area contributed by atoms with E-state index in [0.29, 0.717) is 22.7 Å². The second-order valence-electron chi connectivity index (χ2n) is 9.18. The normalized spacial score (nSPS) is 10.6. The lowest BCUT2D eigenvalue weighted by molar-refractivity contribution is 0.0954. The summed E-state index contributed by atoms with van der Waals surface area (Å²) in [5.41, 5.74) is 3.01. The fourth-order valence-corrected chi connectivity index (χ4v) is 4.29. The second kappa shape index (κ2) is 12.0. The van der Waals surface area contributed by atoms with Crippen LogP contribution in [0.4, 0.5) is 16.2 Å². The van der Waals surface area contributed by atoms with E-state index in [1.54, 1.807) is 4.90 Å². The number of nitrogens with zero attached hydrogens (tertiary/aromatic N) is 1. The molecule has 2 N–H and O–H groups in total. The second-order valence-corrected chi connectivity index (χ2v) is 9.18. The molecule has 0 spiro atoms. The maximum Gasteiger partial charge on any atom is 0.326 e. The first kappa shape index (κ1) is 25.5. The minimum Gasteiger partial charge on any atom is -0.457 e. The molecule has 5 aromatic carbocycles. The number of carbonyl (C=O) groups excluding carboxylic acids is 2. The highest BCUT2D eigenvalue weighted by Crippen LogP contribution is 2.25. The van der Waals surface area contributed by atoms with Gasteiger partial charge in [-0.2, -0.15) is 0 Å².